The molecule has 2 aromatic carbocycles. The SMILES string of the molecule is C[C@@H](OC(=O)Cc1ccccc1)C(=O)NCc1ccc2c(c1)OCO2. The summed E-state index contributed by atoms with van der Waals surface area (Å²) in [5.41, 5.74) is 1.72. The fourth-order valence-electron chi connectivity index (χ4n) is 2.44. The van der Waals surface area contributed by atoms with E-state index in [-0.39, 0.29) is 19.1 Å². The lowest BCUT2D eigenvalue weighted by Crippen LogP contribution is -2.35. The van der Waals surface area contributed by atoms with Crippen LogP contribution in [0.15, 0.2) is 48.5 Å². The fraction of sp³-hybridized carbons (Fsp3) is 0.263. The molecule has 1 atom stereocenters. The molecule has 6 nitrogen and oxygen atoms in total. The van der Waals surface area contributed by atoms with Gasteiger partial charge in [0.05, 0.1) is 6.42 Å². The number of esters is 1. The average Bonchev–Trinajstić information content (AvgIpc) is 3.08. The zero-order valence-electron chi connectivity index (χ0n) is 13.9. The monoisotopic (exact) mass is 341 g/mol. The van der Waals surface area contributed by atoms with Gasteiger partial charge in [-0.1, -0.05) is 36.4 Å². The minimum absolute atomic E-state index is 0.140. The van der Waals surface area contributed by atoms with Gasteiger partial charge in [0.1, 0.15) is 0 Å². The quantitative estimate of drug-likeness (QED) is 0.816. The van der Waals surface area contributed by atoms with Crippen molar-refractivity contribution in [1.82, 2.24) is 5.32 Å². The number of amides is 1. The molecule has 0 bridgehead atoms. The van der Waals surface area contributed by atoms with Gasteiger partial charge in [-0.25, -0.2) is 0 Å². The van der Waals surface area contributed by atoms with Crippen molar-refractivity contribution in [3.05, 3.63) is 59.7 Å². The van der Waals surface area contributed by atoms with Crippen LogP contribution in [0.5, 0.6) is 11.5 Å². The van der Waals surface area contributed by atoms with Crippen LogP contribution in [0.1, 0.15) is 18.1 Å². The number of nitrogens with one attached hydrogen (secondary N) is 1. The summed E-state index contributed by atoms with van der Waals surface area (Å²) in [4.78, 5) is 24.0. The molecular weight excluding hydrogens is 322 g/mol. The van der Waals surface area contributed by atoms with Crippen LogP contribution in [0.3, 0.4) is 0 Å². The number of hydrogen-bond donors (Lipinski definition) is 1. The second kappa shape index (κ2) is 7.70. The van der Waals surface area contributed by atoms with E-state index in [2.05, 4.69) is 5.32 Å². The predicted octanol–water partition coefficient (Wildman–Crippen LogP) is 2.21. The lowest BCUT2D eigenvalue weighted by molar-refractivity contribution is -0.154. The molecule has 25 heavy (non-hydrogen) atoms. The van der Waals surface area contributed by atoms with Gasteiger partial charge in [0.25, 0.3) is 5.91 Å². The van der Waals surface area contributed by atoms with Crippen LogP contribution in [0.25, 0.3) is 0 Å². The third kappa shape index (κ3) is 4.50. The van der Waals surface area contributed by atoms with Gasteiger partial charge in [0.2, 0.25) is 6.79 Å². The summed E-state index contributed by atoms with van der Waals surface area (Å²) >= 11 is 0. The number of carbonyl (C=O) groups excluding carboxylic acids is 2. The summed E-state index contributed by atoms with van der Waals surface area (Å²) in [5, 5.41) is 2.75. The summed E-state index contributed by atoms with van der Waals surface area (Å²) in [6, 6.07) is 14.7. The largest absolute Gasteiger partial charge is 0.454 e. The first-order valence-electron chi connectivity index (χ1n) is 8.01. The molecule has 1 amide bonds. The molecule has 0 unspecified atom stereocenters. The second-order valence-corrected chi connectivity index (χ2v) is 5.70. The molecule has 6 heteroatoms. The summed E-state index contributed by atoms with van der Waals surface area (Å²) in [6.45, 7) is 2.08. The minimum Gasteiger partial charge on any atom is -0.454 e. The van der Waals surface area contributed by atoms with Crippen LogP contribution in [-0.4, -0.2) is 24.8 Å². The summed E-state index contributed by atoms with van der Waals surface area (Å²) in [7, 11) is 0. The van der Waals surface area contributed by atoms with E-state index in [1.807, 2.05) is 42.5 Å². The van der Waals surface area contributed by atoms with E-state index in [0.717, 1.165) is 11.1 Å². The molecule has 1 N–H and O–H groups in total. The lowest BCUT2D eigenvalue weighted by atomic mass is 10.1. The standard InChI is InChI=1S/C19H19NO5/c1-13(25-18(21)10-14-5-3-2-4-6-14)19(22)20-11-15-7-8-16-17(9-15)24-12-23-16/h2-9,13H,10-12H2,1H3,(H,20,22)/t13-/m1/s1. The maximum Gasteiger partial charge on any atom is 0.311 e. The normalized spacial score (nSPS) is 13.2. The van der Waals surface area contributed by atoms with E-state index >= 15 is 0 Å². The second-order valence-electron chi connectivity index (χ2n) is 5.70. The van der Waals surface area contributed by atoms with Crippen LogP contribution < -0.4 is 14.8 Å². The Labute approximate surface area is 145 Å². The number of benzene rings is 2. The molecule has 1 aliphatic heterocycles. The van der Waals surface area contributed by atoms with Gasteiger partial charge in [0, 0.05) is 6.54 Å². The molecule has 3 rings (SSSR count). The summed E-state index contributed by atoms with van der Waals surface area (Å²) in [5.74, 6) is 0.573. The zero-order valence-corrected chi connectivity index (χ0v) is 13.9. The lowest BCUT2D eigenvalue weighted by Gasteiger charge is -2.14. The van der Waals surface area contributed by atoms with Crippen LogP contribution >= 0.6 is 0 Å². The fourth-order valence-corrected chi connectivity index (χ4v) is 2.44. The Bertz CT molecular complexity index is 760. The molecule has 0 aliphatic carbocycles. The highest BCUT2D eigenvalue weighted by Crippen LogP contribution is 2.32. The first-order chi connectivity index (χ1) is 12.1. The van der Waals surface area contributed by atoms with E-state index in [1.165, 1.54) is 0 Å². The Balaban J connectivity index is 1.46. The molecule has 0 spiro atoms. The third-order valence-corrected chi connectivity index (χ3v) is 3.77. The van der Waals surface area contributed by atoms with Crippen LogP contribution in [0.2, 0.25) is 0 Å². The van der Waals surface area contributed by atoms with Gasteiger partial charge in [-0.05, 0) is 30.2 Å². The molecule has 0 aromatic heterocycles. The van der Waals surface area contributed by atoms with E-state index < -0.39 is 12.1 Å². The molecule has 130 valence electrons. The van der Waals surface area contributed by atoms with Crippen LogP contribution in [-0.2, 0) is 27.3 Å². The molecule has 1 aliphatic rings. The Morgan fingerprint density at radius 3 is 2.64 bits per heavy atom. The Morgan fingerprint density at radius 2 is 1.84 bits per heavy atom. The van der Waals surface area contributed by atoms with Gasteiger partial charge in [-0.15, -0.1) is 0 Å². The van der Waals surface area contributed by atoms with E-state index in [0.29, 0.717) is 18.0 Å². The Morgan fingerprint density at radius 1 is 1.08 bits per heavy atom. The zero-order chi connectivity index (χ0) is 17.6. The summed E-state index contributed by atoms with van der Waals surface area (Å²) in [6.07, 6.45) is -0.717. The van der Waals surface area contributed by atoms with Crippen molar-refractivity contribution in [3.63, 3.8) is 0 Å². The van der Waals surface area contributed by atoms with Crippen molar-refractivity contribution in [1.29, 1.82) is 0 Å². The van der Waals surface area contributed by atoms with Crippen molar-refractivity contribution in [2.75, 3.05) is 6.79 Å². The van der Waals surface area contributed by atoms with Crippen LogP contribution in [0.4, 0.5) is 0 Å². The number of ether oxygens (including phenoxy) is 3. The average molecular weight is 341 g/mol. The molecule has 0 saturated carbocycles. The van der Waals surface area contributed by atoms with E-state index in [9.17, 15) is 9.59 Å². The van der Waals surface area contributed by atoms with E-state index in [4.69, 9.17) is 14.2 Å². The summed E-state index contributed by atoms with van der Waals surface area (Å²) < 4.78 is 15.7. The van der Waals surface area contributed by atoms with Gasteiger partial charge in [0.15, 0.2) is 17.6 Å². The van der Waals surface area contributed by atoms with Gasteiger partial charge in [-0.3, -0.25) is 9.59 Å². The van der Waals surface area contributed by atoms with Gasteiger partial charge < -0.3 is 19.5 Å². The Hall–Kier alpha value is -3.02. The van der Waals surface area contributed by atoms with Crippen molar-refractivity contribution in [3.8, 4) is 11.5 Å². The van der Waals surface area contributed by atoms with Crippen molar-refractivity contribution >= 4 is 11.9 Å². The van der Waals surface area contributed by atoms with Gasteiger partial charge >= 0.3 is 5.97 Å². The topological polar surface area (TPSA) is 73.9 Å². The van der Waals surface area contributed by atoms with Crippen molar-refractivity contribution in [2.24, 2.45) is 0 Å². The minimum atomic E-state index is -0.856. The number of rotatable bonds is 6. The molecule has 0 saturated heterocycles. The number of carbonyl (C=O) groups is 2. The number of fused-ring (bicyclic) bond motifs is 1. The molecule has 2 aromatic rings. The highest BCUT2D eigenvalue weighted by molar-refractivity contribution is 5.83. The van der Waals surface area contributed by atoms with E-state index in [1.54, 1.807) is 13.0 Å². The molecule has 0 radical (unpaired) electrons. The van der Waals surface area contributed by atoms with Crippen molar-refractivity contribution < 1.29 is 23.8 Å². The molecular formula is C19H19NO5. The highest BCUT2D eigenvalue weighted by atomic mass is 16.7. The van der Waals surface area contributed by atoms with Crippen LogP contribution in [0, 0.1) is 0 Å². The number of hydrogen-bond acceptors (Lipinski definition) is 5. The Kier molecular flexibility index (Phi) is 5.18. The molecule has 0 fully saturated rings. The predicted molar refractivity (Wildman–Crippen MR) is 90.1 cm³/mol. The van der Waals surface area contributed by atoms with Crippen molar-refractivity contribution in [2.45, 2.75) is 26.0 Å². The maximum absolute atomic E-state index is 12.1. The maximum atomic E-state index is 12.1. The third-order valence-electron chi connectivity index (χ3n) is 3.77. The first kappa shape index (κ1) is 16.8. The first-order valence-corrected chi connectivity index (χ1v) is 8.01. The smallest absolute Gasteiger partial charge is 0.311 e. The highest BCUT2D eigenvalue weighted by Gasteiger charge is 2.18. The molecule has 1 heterocycles. The van der Waals surface area contributed by atoms with Gasteiger partial charge in [-0.2, -0.15) is 0 Å².